The standard InChI is InChI=1S/C22H24N6OS/c1-27-14-23-26-20(27)16-9-6-10-28(11-16)21-19-17(15-7-4-3-5-8-15)13-30-22(19)25-18(24-21)12-29-2/h3-5,7-8,13-14,16H,6,9-12H2,1-2H3. The van der Waals surface area contributed by atoms with Crippen molar-refractivity contribution >= 4 is 27.4 Å². The van der Waals surface area contributed by atoms with Gasteiger partial charge >= 0.3 is 0 Å². The van der Waals surface area contributed by atoms with Gasteiger partial charge in [0.1, 0.15) is 29.4 Å². The van der Waals surface area contributed by atoms with Crippen molar-refractivity contribution in [1.82, 2.24) is 24.7 Å². The van der Waals surface area contributed by atoms with Crippen molar-refractivity contribution in [2.75, 3.05) is 25.1 Å². The highest BCUT2D eigenvalue weighted by Gasteiger charge is 2.28. The van der Waals surface area contributed by atoms with Crippen LogP contribution in [0.5, 0.6) is 0 Å². The molecule has 0 spiro atoms. The zero-order chi connectivity index (χ0) is 20.5. The molecule has 0 amide bonds. The summed E-state index contributed by atoms with van der Waals surface area (Å²) in [6.07, 6.45) is 3.98. The average Bonchev–Trinajstić information content (AvgIpc) is 3.40. The van der Waals surface area contributed by atoms with Gasteiger partial charge in [0.2, 0.25) is 0 Å². The summed E-state index contributed by atoms with van der Waals surface area (Å²) in [6, 6.07) is 10.5. The second-order valence-corrected chi connectivity index (χ2v) is 8.54. The zero-order valence-corrected chi connectivity index (χ0v) is 18.0. The van der Waals surface area contributed by atoms with Crippen LogP contribution in [0.1, 0.15) is 30.4 Å². The van der Waals surface area contributed by atoms with Gasteiger partial charge in [0.05, 0.1) is 5.39 Å². The van der Waals surface area contributed by atoms with E-state index in [2.05, 4.69) is 44.7 Å². The van der Waals surface area contributed by atoms with Crippen LogP contribution in [0.3, 0.4) is 0 Å². The highest BCUT2D eigenvalue weighted by molar-refractivity contribution is 7.17. The van der Waals surface area contributed by atoms with E-state index in [-0.39, 0.29) is 0 Å². The molecule has 0 aliphatic carbocycles. The molecule has 1 fully saturated rings. The van der Waals surface area contributed by atoms with Crippen molar-refractivity contribution in [1.29, 1.82) is 0 Å². The van der Waals surface area contributed by atoms with Gasteiger partial charge in [-0.15, -0.1) is 21.5 Å². The maximum Gasteiger partial charge on any atom is 0.158 e. The first-order valence-electron chi connectivity index (χ1n) is 10.2. The summed E-state index contributed by atoms with van der Waals surface area (Å²) < 4.78 is 7.37. The van der Waals surface area contributed by atoms with Crippen molar-refractivity contribution in [3.63, 3.8) is 0 Å². The lowest BCUT2D eigenvalue weighted by atomic mass is 9.96. The molecule has 8 heteroatoms. The minimum absolute atomic E-state index is 0.334. The SMILES string of the molecule is COCc1nc(N2CCCC(c3nncn3C)C2)c2c(-c3ccccc3)csc2n1. The highest BCUT2D eigenvalue weighted by atomic mass is 32.1. The van der Waals surface area contributed by atoms with E-state index in [0.717, 1.165) is 53.6 Å². The first-order chi connectivity index (χ1) is 14.7. The van der Waals surface area contributed by atoms with E-state index in [4.69, 9.17) is 14.7 Å². The summed E-state index contributed by atoms with van der Waals surface area (Å²) in [5.41, 5.74) is 2.38. The van der Waals surface area contributed by atoms with Gasteiger partial charge < -0.3 is 14.2 Å². The molecule has 0 bridgehead atoms. The van der Waals surface area contributed by atoms with Gasteiger partial charge in [0, 0.05) is 44.1 Å². The Morgan fingerprint density at radius 1 is 1.20 bits per heavy atom. The van der Waals surface area contributed by atoms with E-state index < -0.39 is 0 Å². The lowest BCUT2D eigenvalue weighted by Crippen LogP contribution is -2.36. The molecule has 4 heterocycles. The first kappa shape index (κ1) is 19.1. The van der Waals surface area contributed by atoms with Crippen LogP contribution in [0.25, 0.3) is 21.3 Å². The molecule has 1 unspecified atom stereocenters. The van der Waals surface area contributed by atoms with E-state index in [1.165, 1.54) is 11.1 Å². The Morgan fingerprint density at radius 3 is 2.83 bits per heavy atom. The molecule has 1 aromatic carbocycles. The number of nitrogens with zero attached hydrogens (tertiary/aromatic N) is 6. The van der Waals surface area contributed by atoms with Gasteiger partial charge in [-0.3, -0.25) is 0 Å². The van der Waals surface area contributed by atoms with Crippen molar-refractivity contribution in [2.24, 2.45) is 7.05 Å². The molecule has 0 N–H and O–H groups in total. The number of ether oxygens (including phenoxy) is 1. The molecule has 0 radical (unpaired) electrons. The molecule has 1 saturated heterocycles. The molecule has 4 aromatic rings. The predicted octanol–water partition coefficient (Wildman–Crippen LogP) is 4.02. The number of rotatable bonds is 5. The van der Waals surface area contributed by atoms with Crippen LogP contribution in [-0.2, 0) is 18.4 Å². The third kappa shape index (κ3) is 3.46. The van der Waals surface area contributed by atoms with Crippen molar-refractivity contribution in [2.45, 2.75) is 25.4 Å². The number of benzene rings is 1. The molecule has 1 atom stereocenters. The number of aromatic nitrogens is 5. The Labute approximate surface area is 179 Å². The second-order valence-electron chi connectivity index (χ2n) is 7.68. The van der Waals surface area contributed by atoms with E-state index in [1.54, 1.807) is 24.8 Å². The lowest BCUT2D eigenvalue weighted by molar-refractivity contribution is 0.178. The van der Waals surface area contributed by atoms with Crippen LogP contribution in [0.2, 0.25) is 0 Å². The van der Waals surface area contributed by atoms with Gasteiger partial charge in [-0.1, -0.05) is 30.3 Å². The smallest absolute Gasteiger partial charge is 0.158 e. The largest absolute Gasteiger partial charge is 0.377 e. The number of fused-ring (bicyclic) bond motifs is 1. The van der Waals surface area contributed by atoms with Gasteiger partial charge in [0.15, 0.2) is 5.82 Å². The maximum absolute atomic E-state index is 5.35. The Hall–Kier alpha value is -2.84. The number of hydrogen-bond donors (Lipinski definition) is 0. The second kappa shape index (κ2) is 8.12. The van der Waals surface area contributed by atoms with E-state index in [0.29, 0.717) is 12.5 Å². The van der Waals surface area contributed by atoms with Crippen molar-refractivity contribution in [3.05, 3.63) is 53.7 Å². The third-order valence-corrected chi connectivity index (χ3v) is 6.52. The van der Waals surface area contributed by atoms with Crippen LogP contribution in [0, 0.1) is 0 Å². The Kier molecular flexibility index (Phi) is 5.18. The summed E-state index contributed by atoms with van der Waals surface area (Å²) in [5, 5.41) is 11.8. The first-order valence-corrected chi connectivity index (χ1v) is 11.0. The fourth-order valence-electron chi connectivity index (χ4n) is 4.26. The lowest BCUT2D eigenvalue weighted by Gasteiger charge is -2.33. The molecule has 1 aliphatic heterocycles. The highest BCUT2D eigenvalue weighted by Crippen LogP contribution is 2.40. The van der Waals surface area contributed by atoms with Gasteiger partial charge in [-0.05, 0) is 18.4 Å². The van der Waals surface area contributed by atoms with Crippen LogP contribution in [0.4, 0.5) is 5.82 Å². The van der Waals surface area contributed by atoms with Crippen LogP contribution in [-0.4, -0.2) is 44.9 Å². The number of aryl methyl sites for hydroxylation is 1. The summed E-state index contributed by atoms with van der Waals surface area (Å²) in [4.78, 5) is 13.1. The summed E-state index contributed by atoms with van der Waals surface area (Å²) >= 11 is 1.67. The fourth-order valence-corrected chi connectivity index (χ4v) is 5.22. The topological polar surface area (TPSA) is 69.0 Å². The van der Waals surface area contributed by atoms with Gasteiger partial charge in [-0.2, -0.15) is 0 Å². The summed E-state index contributed by atoms with van der Waals surface area (Å²) in [6.45, 7) is 2.24. The van der Waals surface area contributed by atoms with E-state index in [9.17, 15) is 0 Å². The molecule has 5 rings (SSSR count). The zero-order valence-electron chi connectivity index (χ0n) is 17.2. The Morgan fingerprint density at radius 2 is 2.07 bits per heavy atom. The normalized spacial score (nSPS) is 17.0. The molecular weight excluding hydrogens is 396 g/mol. The molecule has 1 aliphatic rings. The van der Waals surface area contributed by atoms with E-state index >= 15 is 0 Å². The molecule has 3 aromatic heterocycles. The minimum atomic E-state index is 0.334. The van der Waals surface area contributed by atoms with Crippen molar-refractivity contribution < 1.29 is 4.74 Å². The molecule has 154 valence electrons. The monoisotopic (exact) mass is 420 g/mol. The molecule has 7 nitrogen and oxygen atoms in total. The minimum Gasteiger partial charge on any atom is -0.377 e. The van der Waals surface area contributed by atoms with Crippen LogP contribution < -0.4 is 4.90 Å². The Bertz CT molecular complexity index is 1160. The van der Waals surface area contributed by atoms with Gasteiger partial charge in [0.25, 0.3) is 0 Å². The summed E-state index contributed by atoms with van der Waals surface area (Å²) in [5.74, 6) is 3.10. The molecule has 30 heavy (non-hydrogen) atoms. The number of anilines is 1. The van der Waals surface area contributed by atoms with E-state index in [1.807, 2.05) is 17.7 Å². The summed E-state index contributed by atoms with van der Waals surface area (Å²) in [7, 11) is 3.70. The number of hydrogen-bond acceptors (Lipinski definition) is 7. The quantitative estimate of drug-likeness (QED) is 0.486. The third-order valence-electron chi connectivity index (χ3n) is 5.65. The molecule has 0 saturated carbocycles. The Balaban J connectivity index is 1.61. The van der Waals surface area contributed by atoms with Crippen LogP contribution in [0.15, 0.2) is 42.0 Å². The van der Waals surface area contributed by atoms with Crippen LogP contribution >= 0.6 is 11.3 Å². The number of thiophene rings is 1. The number of piperidine rings is 1. The van der Waals surface area contributed by atoms with Gasteiger partial charge in [-0.25, -0.2) is 9.97 Å². The molecular formula is C22H24N6OS. The maximum atomic E-state index is 5.35. The van der Waals surface area contributed by atoms with Crippen molar-refractivity contribution in [3.8, 4) is 11.1 Å². The predicted molar refractivity (Wildman–Crippen MR) is 119 cm³/mol. The average molecular weight is 421 g/mol. The number of methoxy groups -OCH3 is 1. The fraction of sp³-hybridized carbons (Fsp3) is 0.364.